The van der Waals surface area contributed by atoms with Gasteiger partial charge in [0.2, 0.25) is 11.8 Å². The molecule has 1 saturated heterocycles. The number of halogens is 1. The molecule has 1 aliphatic heterocycles. The van der Waals surface area contributed by atoms with Crippen LogP contribution in [0.3, 0.4) is 0 Å². The monoisotopic (exact) mass is 480 g/mol. The molecule has 4 rings (SSSR count). The van der Waals surface area contributed by atoms with E-state index >= 15 is 0 Å². The van der Waals surface area contributed by atoms with Crippen molar-refractivity contribution in [1.82, 2.24) is 30.0 Å². The fourth-order valence-corrected chi connectivity index (χ4v) is 4.23. The van der Waals surface area contributed by atoms with Crippen LogP contribution < -0.4 is 11.0 Å². The fourth-order valence-electron chi connectivity index (χ4n) is 4.23. The molecule has 10 heteroatoms. The Labute approximate surface area is 202 Å². The number of likely N-dealkylation sites (tertiary alicyclic amines) is 1. The Morgan fingerprint density at radius 3 is 2.51 bits per heavy atom. The van der Waals surface area contributed by atoms with Crippen molar-refractivity contribution in [2.45, 2.75) is 50.9 Å². The minimum Gasteiger partial charge on any atom is -0.342 e. The third kappa shape index (κ3) is 5.47. The van der Waals surface area contributed by atoms with Crippen molar-refractivity contribution in [1.29, 1.82) is 0 Å². The van der Waals surface area contributed by atoms with Gasteiger partial charge < -0.3 is 10.2 Å². The fraction of sp³-hybridized carbons (Fsp3) is 0.400. The van der Waals surface area contributed by atoms with Crippen LogP contribution in [0, 0.1) is 0 Å². The Hall–Kier alpha value is -3.82. The molecule has 0 aliphatic carbocycles. The molecular weight excluding hydrogens is 451 g/mol. The second-order valence-electron chi connectivity index (χ2n) is 9.10. The summed E-state index contributed by atoms with van der Waals surface area (Å²) in [7, 11) is 1.46. The topological polar surface area (TPSA) is 113 Å². The van der Waals surface area contributed by atoms with Gasteiger partial charge in [0.25, 0.3) is 0 Å². The van der Waals surface area contributed by atoms with E-state index in [9.17, 15) is 18.8 Å². The van der Waals surface area contributed by atoms with Crippen LogP contribution in [0.25, 0.3) is 0 Å². The van der Waals surface area contributed by atoms with Crippen molar-refractivity contribution in [2.75, 3.05) is 6.54 Å². The number of aromatic amines is 1. The van der Waals surface area contributed by atoms with Gasteiger partial charge in [-0.3, -0.25) is 19.6 Å². The van der Waals surface area contributed by atoms with Crippen LogP contribution in [-0.2, 0) is 23.1 Å². The number of nitrogens with one attached hydrogen (secondary N) is 2. The Kier molecular flexibility index (Phi) is 7.09. The molecule has 1 aliphatic rings. The van der Waals surface area contributed by atoms with Gasteiger partial charge in [-0.2, -0.15) is 5.10 Å². The van der Waals surface area contributed by atoms with Gasteiger partial charge in [-0.05, 0) is 23.1 Å². The molecule has 2 amide bonds. The van der Waals surface area contributed by atoms with Crippen LogP contribution in [0.15, 0.2) is 53.5 Å². The molecule has 2 aromatic heterocycles. The van der Waals surface area contributed by atoms with E-state index in [0.29, 0.717) is 11.6 Å². The van der Waals surface area contributed by atoms with Gasteiger partial charge in [0.15, 0.2) is 0 Å². The molecule has 184 valence electrons. The molecule has 0 unspecified atom stereocenters. The third-order valence-corrected chi connectivity index (χ3v) is 6.20. The normalized spacial score (nSPS) is 18.6. The summed E-state index contributed by atoms with van der Waals surface area (Å²) >= 11 is 0. The Morgan fingerprint density at radius 2 is 1.91 bits per heavy atom. The number of hydrogen-bond acceptors (Lipinski definition) is 5. The zero-order valence-corrected chi connectivity index (χ0v) is 19.9. The first-order valence-electron chi connectivity index (χ1n) is 11.6. The molecule has 35 heavy (non-hydrogen) atoms. The number of H-pyrrole nitrogens is 1. The lowest BCUT2D eigenvalue weighted by Crippen LogP contribution is -2.47. The predicted molar refractivity (Wildman–Crippen MR) is 127 cm³/mol. The smallest absolute Gasteiger partial charge is 0.342 e. The zero-order chi connectivity index (χ0) is 25.1. The lowest BCUT2D eigenvalue weighted by molar-refractivity contribution is -0.138. The van der Waals surface area contributed by atoms with Crippen LogP contribution in [0.5, 0.6) is 0 Å². The molecule has 9 nitrogen and oxygen atoms in total. The van der Waals surface area contributed by atoms with Crippen LogP contribution in [0.2, 0.25) is 0 Å². The highest BCUT2D eigenvalue weighted by molar-refractivity contribution is 5.89. The maximum absolute atomic E-state index is 14.4. The van der Waals surface area contributed by atoms with Gasteiger partial charge in [-0.1, -0.05) is 50.2 Å². The second-order valence-corrected chi connectivity index (χ2v) is 9.10. The molecule has 1 aromatic carbocycles. The van der Waals surface area contributed by atoms with E-state index in [0.717, 1.165) is 15.8 Å². The van der Waals surface area contributed by atoms with E-state index in [-0.39, 0.29) is 25.2 Å². The van der Waals surface area contributed by atoms with E-state index in [1.807, 2.05) is 42.5 Å². The van der Waals surface area contributed by atoms with Gasteiger partial charge in [-0.25, -0.2) is 13.9 Å². The van der Waals surface area contributed by atoms with Crippen LogP contribution in [0.1, 0.15) is 54.9 Å². The molecule has 3 heterocycles. The summed E-state index contributed by atoms with van der Waals surface area (Å²) in [5.74, 6) is -0.456. The number of aryl methyl sites for hydroxylation is 1. The predicted octanol–water partition coefficient (Wildman–Crippen LogP) is 2.01. The van der Waals surface area contributed by atoms with Gasteiger partial charge in [0, 0.05) is 19.7 Å². The van der Waals surface area contributed by atoms with Gasteiger partial charge in [0.1, 0.15) is 18.0 Å². The number of amides is 2. The summed E-state index contributed by atoms with van der Waals surface area (Å²) < 4.78 is 15.5. The van der Waals surface area contributed by atoms with E-state index in [4.69, 9.17) is 0 Å². The number of carbonyl (C=O) groups is 2. The summed E-state index contributed by atoms with van der Waals surface area (Å²) in [6.45, 7) is 3.96. The van der Waals surface area contributed by atoms with Gasteiger partial charge >= 0.3 is 5.69 Å². The molecule has 0 saturated carbocycles. The quantitative estimate of drug-likeness (QED) is 0.537. The first-order chi connectivity index (χ1) is 16.7. The van der Waals surface area contributed by atoms with Crippen molar-refractivity contribution in [3.8, 4) is 0 Å². The highest BCUT2D eigenvalue weighted by Crippen LogP contribution is 2.26. The summed E-state index contributed by atoms with van der Waals surface area (Å²) in [6.07, 6.45) is 0.138. The van der Waals surface area contributed by atoms with Crippen molar-refractivity contribution in [3.05, 3.63) is 81.8 Å². The number of benzene rings is 1. The zero-order valence-electron chi connectivity index (χ0n) is 19.9. The first kappa shape index (κ1) is 24.3. The molecule has 1 fully saturated rings. The average Bonchev–Trinajstić information content (AvgIpc) is 3.39. The molecule has 0 bridgehead atoms. The van der Waals surface area contributed by atoms with Crippen molar-refractivity contribution in [3.63, 3.8) is 0 Å². The van der Waals surface area contributed by atoms with E-state index in [1.54, 1.807) is 6.20 Å². The number of alkyl halides is 1. The van der Waals surface area contributed by atoms with Crippen LogP contribution in [0.4, 0.5) is 4.39 Å². The maximum atomic E-state index is 14.4. The molecule has 2 N–H and O–H groups in total. The number of carbonyl (C=O) groups excluding carboxylic acids is 2. The molecule has 3 aromatic rings. The first-order valence-corrected chi connectivity index (χ1v) is 11.6. The molecule has 0 radical (unpaired) electrons. The number of rotatable bonds is 7. The lowest BCUT2D eigenvalue weighted by Gasteiger charge is -2.26. The number of pyridine rings is 1. The van der Waals surface area contributed by atoms with E-state index < -0.39 is 35.8 Å². The summed E-state index contributed by atoms with van der Waals surface area (Å²) in [4.78, 5) is 46.2. The van der Waals surface area contributed by atoms with Crippen molar-refractivity contribution in [2.24, 2.45) is 7.05 Å². The van der Waals surface area contributed by atoms with Crippen molar-refractivity contribution >= 4 is 11.8 Å². The minimum atomic E-state index is -1.32. The van der Waals surface area contributed by atoms with Crippen LogP contribution in [-0.4, -0.2) is 55.2 Å². The maximum Gasteiger partial charge on any atom is 0.343 e. The highest BCUT2D eigenvalue weighted by Gasteiger charge is 2.40. The highest BCUT2D eigenvalue weighted by atomic mass is 19.1. The van der Waals surface area contributed by atoms with Gasteiger partial charge in [-0.15, -0.1) is 0 Å². The third-order valence-electron chi connectivity index (χ3n) is 6.20. The van der Waals surface area contributed by atoms with Crippen LogP contribution >= 0.6 is 0 Å². The Morgan fingerprint density at radius 1 is 1.17 bits per heavy atom. The van der Waals surface area contributed by atoms with Gasteiger partial charge in [0.05, 0.1) is 24.7 Å². The van der Waals surface area contributed by atoms with E-state index in [1.165, 1.54) is 11.9 Å². The number of hydrogen-bond donors (Lipinski definition) is 2. The SMILES string of the molecule is CC(C)c1ccc([C@@H](NC(=O)[C@@H]2C[C@@H](F)CN2C(=O)Cc2nn(C)c(=O)[nH]2)c2ccccc2)nc1. The van der Waals surface area contributed by atoms with Crippen molar-refractivity contribution < 1.29 is 14.0 Å². The molecule has 0 spiro atoms. The standard InChI is InChI=1S/C25H29FN6O3/c1-15(2)17-9-10-19(27-13-17)23(16-7-5-4-6-8-16)29-24(34)20-11-18(26)14-32(20)22(33)12-21-28-25(35)31(3)30-21/h4-10,13,15,18,20,23H,11-12,14H2,1-3H3,(H,29,34)(H,28,30,35)/t18-,20+,23+/m1/s1. The summed E-state index contributed by atoms with van der Waals surface area (Å²) in [5, 5.41) is 6.94. The average molecular weight is 481 g/mol. The molecule has 3 atom stereocenters. The molecular formula is C25H29FN6O3. The number of nitrogens with zero attached hydrogens (tertiary/aromatic N) is 4. The number of aromatic nitrogens is 4. The Bertz CT molecular complexity index is 1240. The lowest BCUT2D eigenvalue weighted by atomic mass is 10.00. The van der Waals surface area contributed by atoms with E-state index in [2.05, 4.69) is 34.2 Å². The Balaban J connectivity index is 1.55. The summed E-state index contributed by atoms with van der Waals surface area (Å²) in [5.41, 5.74) is 2.10. The second kappa shape index (κ2) is 10.2. The largest absolute Gasteiger partial charge is 0.343 e. The summed E-state index contributed by atoms with van der Waals surface area (Å²) in [6, 6.07) is 11.7. The minimum absolute atomic E-state index is 0.0997.